The molecule has 28 heavy (non-hydrogen) atoms. The Labute approximate surface area is 177 Å². The van der Waals surface area contributed by atoms with Gasteiger partial charge in [-0.3, -0.25) is 0 Å². The molecule has 4 aromatic rings. The lowest BCUT2D eigenvalue weighted by Crippen LogP contribution is -1.85. The molecule has 0 spiro atoms. The van der Waals surface area contributed by atoms with Crippen LogP contribution in [0.4, 0.5) is 0 Å². The Morgan fingerprint density at radius 1 is 0.357 bits per heavy atom. The van der Waals surface area contributed by atoms with Crippen molar-refractivity contribution in [2.45, 2.75) is 0 Å². The van der Waals surface area contributed by atoms with Gasteiger partial charge in [0.25, 0.3) is 0 Å². The second-order valence-electron chi connectivity index (χ2n) is 6.58. The highest BCUT2D eigenvalue weighted by Crippen LogP contribution is 2.34. The van der Waals surface area contributed by atoms with E-state index in [4.69, 9.17) is 25.3 Å². The normalized spacial score (nSPS) is 11.8. The van der Waals surface area contributed by atoms with Gasteiger partial charge >= 0.3 is 0 Å². The maximum Gasteiger partial charge on any atom is 0.0253 e. The maximum atomic E-state index is 4.75. The van der Waals surface area contributed by atoms with E-state index < -0.39 is 0 Å². The van der Waals surface area contributed by atoms with Gasteiger partial charge in [-0.2, -0.15) is 0 Å². The van der Waals surface area contributed by atoms with Gasteiger partial charge in [0.2, 0.25) is 0 Å². The predicted molar refractivity (Wildman–Crippen MR) is 129 cm³/mol. The standard InChI is InChI=1S/C26H20S2/c27-25(23-15-11-21(12-16-23)19-7-3-1-4-8-19)26(28)24-17-13-22(14-18-24)20-9-5-2-6-10-20/h1-18,27-28H. The van der Waals surface area contributed by atoms with Crippen LogP contribution in [0.2, 0.25) is 0 Å². The van der Waals surface area contributed by atoms with Crippen LogP contribution >= 0.6 is 25.3 Å². The third-order valence-electron chi connectivity index (χ3n) is 4.76. The largest absolute Gasteiger partial charge is 0.142 e. The van der Waals surface area contributed by atoms with Crippen LogP contribution in [0.5, 0.6) is 0 Å². The summed E-state index contributed by atoms with van der Waals surface area (Å²) in [5, 5.41) is 0. The SMILES string of the molecule is SC(=C(S)c1ccc(-c2ccccc2)cc1)c1ccc(-c2ccccc2)cc1. The topological polar surface area (TPSA) is 0 Å². The van der Waals surface area contributed by atoms with Crippen molar-refractivity contribution in [2.75, 3.05) is 0 Å². The van der Waals surface area contributed by atoms with E-state index in [1.807, 2.05) is 12.1 Å². The lowest BCUT2D eigenvalue weighted by Gasteiger charge is -2.09. The molecule has 2 heteroatoms. The zero-order valence-corrected chi connectivity index (χ0v) is 17.1. The first-order valence-electron chi connectivity index (χ1n) is 9.16. The van der Waals surface area contributed by atoms with E-state index in [9.17, 15) is 0 Å². The molecule has 0 atom stereocenters. The maximum absolute atomic E-state index is 4.75. The first-order chi connectivity index (χ1) is 13.7. The second-order valence-corrected chi connectivity index (χ2v) is 7.48. The molecule has 0 radical (unpaired) electrons. The lowest BCUT2D eigenvalue weighted by atomic mass is 10.0. The van der Waals surface area contributed by atoms with Crippen molar-refractivity contribution in [3.05, 3.63) is 120 Å². The molecule has 0 saturated heterocycles. The summed E-state index contributed by atoms with van der Waals surface area (Å²) in [7, 11) is 0. The van der Waals surface area contributed by atoms with Crippen molar-refractivity contribution in [1.29, 1.82) is 0 Å². The van der Waals surface area contributed by atoms with Crippen LogP contribution in [0.3, 0.4) is 0 Å². The summed E-state index contributed by atoms with van der Waals surface area (Å²) in [5.74, 6) is 0. The van der Waals surface area contributed by atoms with Crippen LogP contribution < -0.4 is 0 Å². The van der Waals surface area contributed by atoms with Gasteiger partial charge in [0.05, 0.1) is 0 Å². The van der Waals surface area contributed by atoms with Crippen molar-refractivity contribution in [3.63, 3.8) is 0 Å². The Morgan fingerprint density at radius 3 is 0.964 bits per heavy atom. The summed E-state index contributed by atoms with van der Waals surface area (Å²) < 4.78 is 0. The van der Waals surface area contributed by atoms with Gasteiger partial charge in [-0.05, 0) is 33.4 Å². The van der Waals surface area contributed by atoms with E-state index in [-0.39, 0.29) is 0 Å². The van der Waals surface area contributed by atoms with Crippen LogP contribution in [-0.4, -0.2) is 0 Å². The smallest absolute Gasteiger partial charge is 0.0253 e. The Morgan fingerprint density at radius 2 is 0.643 bits per heavy atom. The molecule has 0 amide bonds. The molecule has 0 N–H and O–H groups in total. The number of hydrogen-bond acceptors (Lipinski definition) is 2. The van der Waals surface area contributed by atoms with Gasteiger partial charge in [0.1, 0.15) is 0 Å². The van der Waals surface area contributed by atoms with E-state index in [1.54, 1.807) is 0 Å². The van der Waals surface area contributed by atoms with Crippen molar-refractivity contribution in [2.24, 2.45) is 0 Å². The summed E-state index contributed by atoms with van der Waals surface area (Å²) in [5.41, 5.74) is 6.92. The summed E-state index contributed by atoms with van der Waals surface area (Å²) in [6.07, 6.45) is 0. The van der Waals surface area contributed by atoms with Crippen LogP contribution in [0.25, 0.3) is 32.1 Å². The van der Waals surface area contributed by atoms with Crippen LogP contribution in [0, 0.1) is 0 Å². The van der Waals surface area contributed by atoms with E-state index in [2.05, 4.69) is 97.1 Å². The molecule has 0 fully saturated rings. The summed E-state index contributed by atoms with van der Waals surface area (Å²) >= 11 is 9.49. The minimum atomic E-state index is 0.871. The first kappa shape index (κ1) is 18.7. The van der Waals surface area contributed by atoms with Crippen molar-refractivity contribution >= 4 is 35.1 Å². The number of rotatable bonds is 4. The highest BCUT2D eigenvalue weighted by molar-refractivity contribution is 7.96. The third kappa shape index (κ3) is 4.09. The number of thiol groups is 2. The van der Waals surface area contributed by atoms with Gasteiger partial charge in [-0.25, -0.2) is 0 Å². The molecule has 0 aliphatic rings. The lowest BCUT2D eigenvalue weighted by molar-refractivity contribution is 1.58. The molecule has 0 bridgehead atoms. The average Bonchev–Trinajstić information content (AvgIpc) is 2.79. The number of hydrogen-bond donors (Lipinski definition) is 2. The van der Waals surface area contributed by atoms with Gasteiger partial charge in [-0.15, -0.1) is 25.3 Å². The minimum Gasteiger partial charge on any atom is -0.142 e. The summed E-state index contributed by atoms with van der Waals surface area (Å²) in [4.78, 5) is 1.74. The fraction of sp³-hybridized carbons (Fsp3) is 0. The van der Waals surface area contributed by atoms with Crippen LogP contribution in [0.1, 0.15) is 11.1 Å². The third-order valence-corrected chi connectivity index (χ3v) is 5.90. The Kier molecular flexibility index (Phi) is 5.70. The molecule has 136 valence electrons. The van der Waals surface area contributed by atoms with Crippen molar-refractivity contribution < 1.29 is 0 Å². The second kappa shape index (κ2) is 8.55. The molecule has 0 nitrogen and oxygen atoms in total. The predicted octanol–water partition coefficient (Wildman–Crippen LogP) is 7.71. The Hall–Kier alpha value is -2.68. The van der Waals surface area contributed by atoms with Crippen LogP contribution in [-0.2, 0) is 0 Å². The van der Waals surface area contributed by atoms with Gasteiger partial charge in [0.15, 0.2) is 0 Å². The molecule has 0 saturated carbocycles. The minimum absolute atomic E-state index is 0.871. The molecule has 0 unspecified atom stereocenters. The van der Waals surface area contributed by atoms with Crippen molar-refractivity contribution in [3.8, 4) is 22.3 Å². The molecule has 0 aliphatic carbocycles. The highest BCUT2D eigenvalue weighted by Gasteiger charge is 2.07. The van der Waals surface area contributed by atoms with Crippen molar-refractivity contribution in [1.82, 2.24) is 0 Å². The highest BCUT2D eigenvalue weighted by atomic mass is 32.1. The summed E-state index contributed by atoms with van der Waals surface area (Å²) in [6.45, 7) is 0. The van der Waals surface area contributed by atoms with E-state index >= 15 is 0 Å². The van der Waals surface area contributed by atoms with E-state index in [1.165, 1.54) is 22.3 Å². The quantitative estimate of drug-likeness (QED) is 0.256. The molecule has 0 heterocycles. The molecular formula is C26H20S2. The Balaban J connectivity index is 1.60. The number of benzene rings is 4. The van der Waals surface area contributed by atoms with Crippen LogP contribution in [0.15, 0.2) is 109 Å². The molecule has 4 rings (SSSR count). The van der Waals surface area contributed by atoms with Gasteiger partial charge < -0.3 is 0 Å². The zero-order valence-electron chi connectivity index (χ0n) is 15.3. The molecule has 0 aromatic heterocycles. The summed E-state index contributed by atoms with van der Waals surface area (Å²) in [6, 6.07) is 37.6. The Bertz CT molecular complexity index is 988. The molecule has 4 aromatic carbocycles. The molecular weight excluding hydrogens is 376 g/mol. The molecule has 0 aliphatic heterocycles. The fourth-order valence-corrected chi connectivity index (χ4v) is 3.73. The zero-order chi connectivity index (χ0) is 19.3. The monoisotopic (exact) mass is 396 g/mol. The van der Waals surface area contributed by atoms with Gasteiger partial charge in [0, 0.05) is 9.81 Å². The van der Waals surface area contributed by atoms with E-state index in [0.717, 1.165) is 20.9 Å². The fourth-order valence-electron chi connectivity index (χ4n) is 3.18. The average molecular weight is 397 g/mol. The van der Waals surface area contributed by atoms with E-state index in [0.29, 0.717) is 0 Å². The van der Waals surface area contributed by atoms with Gasteiger partial charge in [-0.1, -0.05) is 109 Å². The first-order valence-corrected chi connectivity index (χ1v) is 10.1.